The maximum atomic E-state index is 11.4. The summed E-state index contributed by atoms with van der Waals surface area (Å²) < 4.78 is 6.78. The molecule has 2 aromatic rings. The number of fused-ring (bicyclic) bond motifs is 1. The highest BCUT2D eigenvalue weighted by atomic mass is 16.6. The van der Waals surface area contributed by atoms with Crippen molar-refractivity contribution < 1.29 is 14.5 Å². The Hall–Kier alpha value is -2.61. The van der Waals surface area contributed by atoms with E-state index in [1.54, 1.807) is 23.9 Å². The minimum Gasteiger partial charge on any atom is -0.490 e. The number of aromatic nitrogens is 1. The van der Waals surface area contributed by atoms with Crippen molar-refractivity contribution in [1.82, 2.24) is 4.57 Å². The third-order valence-electron chi connectivity index (χ3n) is 3.34. The first-order valence-corrected chi connectivity index (χ1v) is 6.21. The molecule has 0 radical (unpaired) electrons. The van der Waals surface area contributed by atoms with Gasteiger partial charge in [-0.3, -0.25) is 14.9 Å². The molecular weight excluding hydrogens is 276 g/mol. The zero-order valence-corrected chi connectivity index (χ0v) is 11.7. The Labute approximate surface area is 120 Å². The number of carbonyl (C=O) groups excluding carboxylic acids is 1. The predicted octanol–water partition coefficient (Wildman–Crippen LogP) is 0.970. The standard InChI is InChI=1S/C13H16N4O4/c1-16-6-7(8(14)5-11(15)18)12-9(16)3-4-10(21-2)13(12)17(19)20/h3-4,6,8H,5,14H2,1-2H3,(H2,15,18). The summed E-state index contributed by atoms with van der Waals surface area (Å²) in [6, 6.07) is 2.53. The number of amides is 1. The summed E-state index contributed by atoms with van der Waals surface area (Å²) in [4.78, 5) is 21.9. The van der Waals surface area contributed by atoms with E-state index in [0.29, 0.717) is 16.5 Å². The zero-order chi connectivity index (χ0) is 15.7. The number of ether oxygens (including phenoxy) is 1. The van der Waals surface area contributed by atoms with Gasteiger partial charge in [0.15, 0.2) is 5.75 Å². The molecule has 1 aromatic carbocycles. The second kappa shape index (κ2) is 5.41. The van der Waals surface area contributed by atoms with Crippen molar-refractivity contribution >= 4 is 22.5 Å². The number of methoxy groups -OCH3 is 1. The molecule has 8 heteroatoms. The summed E-state index contributed by atoms with van der Waals surface area (Å²) >= 11 is 0. The summed E-state index contributed by atoms with van der Waals surface area (Å²) in [5.74, 6) is -0.420. The van der Waals surface area contributed by atoms with Crippen LogP contribution in [0.25, 0.3) is 10.9 Å². The first kappa shape index (κ1) is 14.8. The van der Waals surface area contributed by atoms with Crippen LogP contribution in [0.15, 0.2) is 18.3 Å². The van der Waals surface area contributed by atoms with E-state index >= 15 is 0 Å². The summed E-state index contributed by atoms with van der Waals surface area (Å²) in [6.07, 6.45) is 1.58. The second-order valence-corrected chi connectivity index (χ2v) is 4.74. The van der Waals surface area contributed by atoms with Crippen molar-refractivity contribution in [3.8, 4) is 5.75 Å². The predicted molar refractivity (Wildman–Crippen MR) is 76.9 cm³/mol. The highest BCUT2D eigenvalue weighted by Gasteiger charge is 2.26. The van der Waals surface area contributed by atoms with Crippen molar-refractivity contribution in [2.75, 3.05) is 7.11 Å². The Kier molecular flexibility index (Phi) is 3.81. The molecule has 1 unspecified atom stereocenters. The van der Waals surface area contributed by atoms with Crippen LogP contribution in [0.5, 0.6) is 5.75 Å². The molecule has 2 rings (SSSR count). The van der Waals surface area contributed by atoms with Crippen molar-refractivity contribution in [1.29, 1.82) is 0 Å². The number of nitrogens with zero attached hydrogens (tertiary/aromatic N) is 2. The van der Waals surface area contributed by atoms with Crippen LogP contribution in [-0.2, 0) is 11.8 Å². The summed E-state index contributed by atoms with van der Waals surface area (Å²) in [7, 11) is 3.11. The number of nitrogens with two attached hydrogens (primary N) is 2. The Bertz CT molecular complexity index is 723. The molecule has 112 valence electrons. The van der Waals surface area contributed by atoms with Crippen LogP contribution in [0, 0.1) is 10.1 Å². The number of hydrogen-bond donors (Lipinski definition) is 2. The highest BCUT2D eigenvalue weighted by molar-refractivity contribution is 5.96. The van der Waals surface area contributed by atoms with Gasteiger partial charge in [0.05, 0.1) is 22.9 Å². The Morgan fingerprint density at radius 1 is 1.52 bits per heavy atom. The number of nitro groups is 1. The number of nitro benzene ring substituents is 1. The average molecular weight is 292 g/mol. The Morgan fingerprint density at radius 3 is 2.71 bits per heavy atom. The molecule has 0 saturated heterocycles. The molecule has 1 atom stereocenters. The SMILES string of the molecule is COc1ccc2c(c(C(N)CC(N)=O)cn2C)c1[N+](=O)[O-]. The average Bonchev–Trinajstić information content (AvgIpc) is 2.74. The quantitative estimate of drug-likeness (QED) is 0.627. The number of rotatable bonds is 5. The smallest absolute Gasteiger partial charge is 0.320 e. The first-order chi connectivity index (χ1) is 9.86. The van der Waals surface area contributed by atoms with Crippen LogP contribution in [0.3, 0.4) is 0 Å². The summed E-state index contributed by atoms with van der Waals surface area (Å²) in [6.45, 7) is 0. The van der Waals surface area contributed by atoms with E-state index in [2.05, 4.69) is 0 Å². The number of hydrogen-bond acceptors (Lipinski definition) is 5. The maximum absolute atomic E-state index is 11.4. The number of benzene rings is 1. The van der Waals surface area contributed by atoms with Crippen molar-refractivity contribution in [2.24, 2.45) is 18.5 Å². The fourth-order valence-electron chi connectivity index (χ4n) is 2.44. The monoisotopic (exact) mass is 292 g/mol. The number of carbonyl (C=O) groups is 1. The molecule has 0 saturated carbocycles. The van der Waals surface area contributed by atoms with Gasteiger partial charge in [-0.15, -0.1) is 0 Å². The van der Waals surface area contributed by atoms with Crippen molar-refractivity contribution in [2.45, 2.75) is 12.5 Å². The van der Waals surface area contributed by atoms with E-state index in [1.165, 1.54) is 13.2 Å². The van der Waals surface area contributed by atoms with Gasteiger partial charge >= 0.3 is 5.69 Å². The van der Waals surface area contributed by atoms with Crippen LogP contribution in [0.1, 0.15) is 18.0 Å². The van der Waals surface area contributed by atoms with E-state index in [1.807, 2.05) is 0 Å². The lowest BCUT2D eigenvalue weighted by Gasteiger charge is -2.09. The van der Waals surface area contributed by atoms with Gasteiger partial charge in [-0.05, 0) is 12.1 Å². The number of aryl methyl sites for hydroxylation is 1. The van der Waals surface area contributed by atoms with E-state index in [-0.39, 0.29) is 17.9 Å². The van der Waals surface area contributed by atoms with Gasteiger partial charge in [-0.25, -0.2) is 0 Å². The van der Waals surface area contributed by atoms with Gasteiger partial charge in [-0.2, -0.15) is 0 Å². The number of primary amides is 1. The van der Waals surface area contributed by atoms with Crippen LogP contribution in [0.4, 0.5) is 5.69 Å². The highest BCUT2D eigenvalue weighted by Crippen LogP contribution is 2.39. The first-order valence-electron chi connectivity index (χ1n) is 6.21. The minimum atomic E-state index is -0.711. The molecular formula is C13H16N4O4. The largest absolute Gasteiger partial charge is 0.490 e. The lowest BCUT2D eigenvalue weighted by Crippen LogP contribution is -2.20. The van der Waals surface area contributed by atoms with Crippen LogP contribution >= 0.6 is 0 Å². The zero-order valence-electron chi connectivity index (χ0n) is 11.7. The van der Waals surface area contributed by atoms with Gasteiger partial charge in [-0.1, -0.05) is 0 Å². The molecule has 8 nitrogen and oxygen atoms in total. The normalized spacial score (nSPS) is 12.3. The molecule has 0 aliphatic carbocycles. The van der Waals surface area contributed by atoms with Gasteiger partial charge in [0, 0.05) is 31.3 Å². The van der Waals surface area contributed by atoms with E-state index in [4.69, 9.17) is 16.2 Å². The lowest BCUT2D eigenvalue weighted by molar-refractivity contribution is -0.384. The Morgan fingerprint density at radius 2 is 2.19 bits per heavy atom. The maximum Gasteiger partial charge on any atom is 0.320 e. The third kappa shape index (κ3) is 2.52. The molecule has 1 aromatic heterocycles. The summed E-state index contributed by atoms with van der Waals surface area (Å²) in [5, 5.41) is 11.8. The fraction of sp³-hybridized carbons (Fsp3) is 0.308. The minimum absolute atomic E-state index is 0.0898. The molecule has 0 bridgehead atoms. The van der Waals surface area contributed by atoms with Crippen LogP contribution in [-0.4, -0.2) is 22.5 Å². The van der Waals surface area contributed by atoms with E-state index < -0.39 is 16.9 Å². The molecule has 1 heterocycles. The molecule has 21 heavy (non-hydrogen) atoms. The van der Waals surface area contributed by atoms with Gasteiger partial charge < -0.3 is 20.8 Å². The molecule has 0 aliphatic heterocycles. The second-order valence-electron chi connectivity index (χ2n) is 4.74. The van der Waals surface area contributed by atoms with Crippen molar-refractivity contribution in [3.63, 3.8) is 0 Å². The fourth-order valence-corrected chi connectivity index (χ4v) is 2.44. The van der Waals surface area contributed by atoms with Gasteiger partial charge in [0.1, 0.15) is 0 Å². The molecule has 0 aliphatic rings. The molecule has 1 amide bonds. The van der Waals surface area contributed by atoms with Crippen molar-refractivity contribution in [3.05, 3.63) is 34.0 Å². The van der Waals surface area contributed by atoms with Gasteiger partial charge in [0.25, 0.3) is 0 Å². The van der Waals surface area contributed by atoms with Crippen LogP contribution < -0.4 is 16.2 Å². The third-order valence-corrected chi connectivity index (χ3v) is 3.34. The topological polar surface area (TPSA) is 126 Å². The lowest BCUT2D eigenvalue weighted by atomic mass is 10.0. The summed E-state index contributed by atoms with van der Waals surface area (Å²) in [5.41, 5.74) is 12.1. The molecule has 4 N–H and O–H groups in total. The van der Waals surface area contributed by atoms with E-state index in [0.717, 1.165) is 0 Å². The van der Waals surface area contributed by atoms with Crippen LogP contribution in [0.2, 0.25) is 0 Å². The van der Waals surface area contributed by atoms with Gasteiger partial charge in [0.2, 0.25) is 5.91 Å². The van der Waals surface area contributed by atoms with E-state index in [9.17, 15) is 14.9 Å². The molecule has 0 spiro atoms. The molecule has 0 fully saturated rings. The Balaban J connectivity index is 2.77.